The van der Waals surface area contributed by atoms with E-state index in [0.29, 0.717) is 32.1 Å². The molecule has 35 heavy (non-hydrogen) atoms. The van der Waals surface area contributed by atoms with Crippen LogP contribution >= 0.6 is 31.9 Å². The number of nitrogens with zero attached hydrogens (tertiary/aromatic N) is 4. The molecule has 12 heteroatoms. The second kappa shape index (κ2) is 11.1. The molecule has 0 aliphatic carbocycles. The van der Waals surface area contributed by atoms with Crippen LogP contribution in [0.4, 0.5) is 5.69 Å². The van der Waals surface area contributed by atoms with Gasteiger partial charge in [-0.15, -0.1) is 0 Å². The van der Waals surface area contributed by atoms with Crippen molar-refractivity contribution >= 4 is 60.6 Å². The number of carbonyl (C=O) groups is 1. The Bertz CT molecular complexity index is 1390. The molecule has 2 aromatic carbocycles. The van der Waals surface area contributed by atoms with Crippen molar-refractivity contribution in [3.8, 4) is 5.75 Å². The van der Waals surface area contributed by atoms with Crippen LogP contribution in [0.2, 0.25) is 0 Å². The fourth-order valence-corrected chi connectivity index (χ4v) is 4.07. The summed E-state index contributed by atoms with van der Waals surface area (Å²) in [6, 6.07) is 8.00. The van der Waals surface area contributed by atoms with Gasteiger partial charge in [-0.3, -0.25) is 14.9 Å². The van der Waals surface area contributed by atoms with Crippen LogP contribution in [-0.4, -0.2) is 40.0 Å². The van der Waals surface area contributed by atoms with Crippen molar-refractivity contribution in [2.75, 3.05) is 7.11 Å². The molecule has 0 spiro atoms. The number of hydrogen-bond acceptors (Lipinski definition) is 8. The maximum Gasteiger partial charge on any atom is 0.346 e. The molecular formula is C23H22Br2N4O6. The topological polar surface area (TPSA) is 126 Å². The molecule has 0 saturated heterocycles. The Kier molecular flexibility index (Phi) is 8.39. The summed E-state index contributed by atoms with van der Waals surface area (Å²) in [5.41, 5.74) is -0.0588. The van der Waals surface area contributed by atoms with Gasteiger partial charge in [0.2, 0.25) is 5.75 Å². The van der Waals surface area contributed by atoms with Crippen LogP contribution in [0.3, 0.4) is 0 Å². The number of fused-ring (bicyclic) bond motifs is 1. The van der Waals surface area contributed by atoms with Gasteiger partial charge in [0, 0.05) is 26.5 Å². The predicted octanol–water partition coefficient (Wildman–Crippen LogP) is 5.17. The largest absolute Gasteiger partial charge is 0.471 e. The third kappa shape index (κ3) is 5.76. The van der Waals surface area contributed by atoms with Crippen LogP contribution in [-0.2, 0) is 9.53 Å². The van der Waals surface area contributed by atoms with E-state index in [1.165, 1.54) is 37.1 Å². The number of nitro groups is 1. The molecule has 0 saturated carbocycles. The number of benzene rings is 2. The van der Waals surface area contributed by atoms with Gasteiger partial charge in [0.25, 0.3) is 5.56 Å². The first-order valence-corrected chi connectivity index (χ1v) is 12.1. The van der Waals surface area contributed by atoms with Gasteiger partial charge in [0.1, 0.15) is 5.82 Å². The maximum atomic E-state index is 13.4. The van der Waals surface area contributed by atoms with Gasteiger partial charge in [-0.25, -0.2) is 9.78 Å². The summed E-state index contributed by atoms with van der Waals surface area (Å²) >= 11 is 6.62. The zero-order chi connectivity index (χ0) is 25.9. The summed E-state index contributed by atoms with van der Waals surface area (Å²) in [7, 11) is 1.19. The van der Waals surface area contributed by atoms with Gasteiger partial charge < -0.3 is 9.47 Å². The van der Waals surface area contributed by atoms with Crippen molar-refractivity contribution in [1.29, 1.82) is 0 Å². The van der Waals surface area contributed by atoms with E-state index in [1.54, 1.807) is 18.2 Å². The molecule has 1 aromatic heterocycles. The Morgan fingerprint density at radius 3 is 2.60 bits per heavy atom. The van der Waals surface area contributed by atoms with E-state index < -0.39 is 22.6 Å². The quantitative estimate of drug-likeness (QED) is 0.149. The second-order valence-electron chi connectivity index (χ2n) is 7.69. The van der Waals surface area contributed by atoms with Crippen LogP contribution < -0.4 is 10.3 Å². The number of halogens is 2. The number of aromatic nitrogens is 2. The lowest BCUT2D eigenvalue weighted by Gasteiger charge is -2.16. The molecule has 0 aliphatic heterocycles. The zero-order valence-electron chi connectivity index (χ0n) is 19.3. The second-order valence-corrected chi connectivity index (χ2v) is 9.52. The van der Waals surface area contributed by atoms with E-state index >= 15 is 0 Å². The van der Waals surface area contributed by atoms with Gasteiger partial charge in [0.05, 0.1) is 29.2 Å². The van der Waals surface area contributed by atoms with Crippen molar-refractivity contribution in [3.63, 3.8) is 0 Å². The maximum absolute atomic E-state index is 13.4. The van der Waals surface area contributed by atoms with Gasteiger partial charge in [0.15, 0.2) is 6.10 Å². The monoisotopic (exact) mass is 608 g/mol. The van der Waals surface area contributed by atoms with E-state index in [1.807, 2.05) is 13.8 Å². The van der Waals surface area contributed by atoms with Gasteiger partial charge in [-0.2, -0.15) is 9.78 Å². The molecule has 10 nitrogen and oxygen atoms in total. The van der Waals surface area contributed by atoms with Crippen molar-refractivity contribution in [2.45, 2.75) is 39.2 Å². The first-order chi connectivity index (χ1) is 16.6. The number of rotatable bonds is 8. The fourth-order valence-electron chi connectivity index (χ4n) is 3.25. The molecule has 3 aromatic rings. The Morgan fingerprint density at radius 2 is 1.97 bits per heavy atom. The molecule has 0 radical (unpaired) electrons. The SMILES string of the molecule is CC[C@@H](C)c1nc2ccc(Br)cc2c(=O)n1N=Cc1cc(Br)cc([N+](=O)[O-])c1O[C@H](C)C(=O)OC. The van der Waals surface area contributed by atoms with E-state index in [0.717, 1.165) is 0 Å². The molecule has 2 atom stereocenters. The Labute approximate surface area is 217 Å². The van der Waals surface area contributed by atoms with Crippen LogP contribution in [0.5, 0.6) is 5.75 Å². The minimum Gasteiger partial charge on any atom is -0.471 e. The van der Waals surface area contributed by atoms with Crippen molar-refractivity contribution in [2.24, 2.45) is 5.10 Å². The van der Waals surface area contributed by atoms with Gasteiger partial charge in [-0.1, -0.05) is 45.7 Å². The van der Waals surface area contributed by atoms with Crippen molar-refractivity contribution < 1.29 is 19.2 Å². The van der Waals surface area contributed by atoms with E-state index in [-0.39, 0.29) is 22.9 Å². The molecule has 1 heterocycles. The first-order valence-electron chi connectivity index (χ1n) is 10.6. The average Bonchev–Trinajstić information content (AvgIpc) is 2.83. The molecule has 3 rings (SSSR count). The summed E-state index contributed by atoms with van der Waals surface area (Å²) in [5.74, 6) is -0.544. The van der Waals surface area contributed by atoms with Crippen molar-refractivity contribution in [1.82, 2.24) is 9.66 Å². The normalized spacial score (nSPS) is 13.1. The highest BCUT2D eigenvalue weighted by Crippen LogP contribution is 2.35. The van der Waals surface area contributed by atoms with Crippen molar-refractivity contribution in [3.05, 3.63) is 71.1 Å². The fraction of sp³-hybridized carbons (Fsp3) is 0.304. The van der Waals surface area contributed by atoms with Gasteiger partial charge in [-0.05, 0) is 37.6 Å². The Morgan fingerprint density at radius 1 is 1.26 bits per heavy atom. The Hall–Kier alpha value is -3.12. The number of hydrogen-bond donors (Lipinski definition) is 0. The smallest absolute Gasteiger partial charge is 0.346 e. The molecular weight excluding hydrogens is 588 g/mol. The minimum atomic E-state index is -1.12. The minimum absolute atomic E-state index is 0.0974. The number of esters is 1. The summed E-state index contributed by atoms with van der Waals surface area (Å²) in [6.07, 6.45) is 0.859. The van der Waals surface area contributed by atoms with Crippen LogP contribution in [0.1, 0.15) is 44.5 Å². The summed E-state index contributed by atoms with van der Waals surface area (Å²) in [4.78, 5) is 41.0. The third-order valence-electron chi connectivity index (χ3n) is 5.29. The van der Waals surface area contributed by atoms with E-state index in [9.17, 15) is 19.7 Å². The lowest BCUT2D eigenvalue weighted by molar-refractivity contribution is -0.386. The number of ether oxygens (including phenoxy) is 2. The highest BCUT2D eigenvalue weighted by molar-refractivity contribution is 9.10. The standard InChI is InChI=1S/C23H22Br2N4O6/c1-5-12(2)21-27-18-7-6-15(24)9-17(18)22(30)28(21)26-11-14-8-16(25)10-19(29(32)33)20(14)35-13(3)23(31)34-4/h6-13H,5H2,1-4H3/t12-,13-/m1/s1. The average molecular weight is 610 g/mol. The van der Waals surface area contributed by atoms with E-state index in [2.05, 4.69) is 46.7 Å². The molecule has 0 unspecified atom stereocenters. The van der Waals surface area contributed by atoms with Crippen LogP contribution in [0.25, 0.3) is 10.9 Å². The highest BCUT2D eigenvalue weighted by atomic mass is 79.9. The van der Waals surface area contributed by atoms with Gasteiger partial charge >= 0.3 is 11.7 Å². The predicted molar refractivity (Wildman–Crippen MR) is 138 cm³/mol. The summed E-state index contributed by atoms with van der Waals surface area (Å²) in [5, 5.41) is 16.4. The molecule has 0 bridgehead atoms. The number of carbonyl (C=O) groups excluding carboxylic acids is 1. The zero-order valence-corrected chi connectivity index (χ0v) is 22.5. The molecule has 0 fully saturated rings. The molecule has 0 N–H and O–H groups in total. The lowest BCUT2D eigenvalue weighted by atomic mass is 10.1. The summed E-state index contributed by atoms with van der Waals surface area (Å²) < 4.78 is 12.6. The van der Waals surface area contributed by atoms with E-state index in [4.69, 9.17) is 4.74 Å². The molecule has 0 amide bonds. The number of methoxy groups -OCH3 is 1. The highest BCUT2D eigenvalue weighted by Gasteiger charge is 2.25. The van der Waals surface area contributed by atoms with Crippen LogP contribution in [0.15, 0.2) is 49.2 Å². The third-order valence-corrected chi connectivity index (χ3v) is 6.24. The lowest BCUT2D eigenvalue weighted by Crippen LogP contribution is -2.26. The molecule has 184 valence electrons. The summed E-state index contributed by atoms with van der Waals surface area (Å²) in [6.45, 7) is 5.30. The Balaban J connectivity index is 2.23. The first kappa shape index (κ1) is 26.5. The molecule has 0 aliphatic rings. The number of nitro benzene ring substituents is 1. The van der Waals surface area contributed by atoms with Crippen LogP contribution in [0, 0.1) is 10.1 Å².